The minimum atomic E-state index is -3.52. The fraction of sp³-hybridized carbons (Fsp3) is 0.536. The Bertz CT molecular complexity index is 1100. The second-order valence-corrected chi connectivity index (χ2v) is 12.3. The van der Waals surface area contributed by atoms with E-state index in [-0.39, 0.29) is 17.9 Å². The first kappa shape index (κ1) is 25.9. The summed E-state index contributed by atoms with van der Waals surface area (Å²) in [6.07, 6.45) is 3.05. The van der Waals surface area contributed by atoms with Crippen LogP contribution in [0.3, 0.4) is 0 Å². The number of hydrogen-bond acceptors (Lipinski definition) is 4. The number of carbonyl (C=O) groups excluding carboxylic acids is 1. The lowest BCUT2D eigenvalue weighted by molar-refractivity contribution is -0.127. The van der Waals surface area contributed by atoms with Gasteiger partial charge in [0.1, 0.15) is 0 Å². The predicted octanol–water partition coefficient (Wildman–Crippen LogP) is 4.30. The minimum Gasteiger partial charge on any atom is -0.353 e. The second-order valence-electron chi connectivity index (χ2n) is 10.4. The normalized spacial score (nSPS) is 19.2. The van der Waals surface area contributed by atoms with Crippen LogP contribution in [0.25, 0.3) is 0 Å². The fourth-order valence-electron chi connectivity index (χ4n) is 5.11. The van der Waals surface area contributed by atoms with Crippen LogP contribution in [0, 0.1) is 12.8 Å². The summed E-state index contributed by atoms with van der Waals surface area (Å²) < 4.78 is 27.7. The molecule has 0 spiro atoms. The van der Waals surface area contributed by atoms with Crippen molar-refractivity contribution in [1.82, 2.24) is 14.5 Å². The summed E-state index contributed by atoms with van der Waals surface area (Å²) in [6, 6.07) is 15.9. The lowest BCUT2D eigenvalue weighted by Crippen LogP contribution is -2.48. The number of aryl methyl sites for hydroxylation is 1. The summed E-state index contributed by atoms with van der Waals surface area (Å²) in [6.45, 7) is 10.0. The number of nitrogens with zero attached hydrogens (tertiary/aromatic N) is 2. The Balaban J connectivity index is 1.23. The van der Waals surface area contributed by atoms with Crippen molar-refractivity contribution in [2.45, 2.75) is 69.9 Å². The highest BCUT2D eigenvalue weighted by Crippen LogP contribution is 2.26. The molecule has 2 saturated heterocycles. The van der Waals surface area contributed by atoms with Crippen molar-refractivity contribution in [2.75, 3.05) is 26.2 Å². The Hall–Kier alpha value is -2.22. The summed E-state index contributed by atoms with van der Waals surface area (Å²) in [5.74, 6) is 0.330. The van der Waals surface area contributed by atoms with Crippen LogP contribution in [-0.2, 0) is 21.4 Å². The molecule has 4 rings (SSSR count). The number of rotatable bonds is 7. The van der Waals surface area contributed by atoms with Gasteiger partial charge in [0.2, 0.25) is 15.9 Å². The van der Waals surface area contributed by atoms with E-state index in [1.165, 1.54) is 15.4 Å². The highest BCUT2D eigenvalue weighted by atomic mass is 32.2. The van der Waals surface area contributed by atoms with E-state index in [0.29, 0.717) is 36.7 Å². The molecule has 6 nitrogen and oxygen atoms in total. The molecule has 2 aromatic rings. The topological polar surface area (TPSA) is 69.7 Å². The average Bonchev–Trinajstić information content (AvgIpc) is 2.86. The summed E-state index contributed by atoms with van der Waals surface area (Å²) in [4.78, 5) is 15.7. The van der Waals surface area contributed by atoms with Crippen molar-refractivity contribution in [3.63, 3.8) is 0 Å². The van der Waals surface area contributed by atoms with Crippen LogP contribution in [0.15, 0.2) is 53.4 Å². The maximum absolute atomic E-state index is 13.1. The van der Waals surface area contributed by atoms with Gasteiger partial charge in [0.25, 0.3) is 0 Å². The van der Waals surface area contributed by atoms with E-state index in [9.17, 15) is 13.2 Å². The molecular formula is C28H39N3O3S. The molecular weight excluding hydrogens is 458 g/mol. The molecule has 0 radical (unpaired) electrons. The fourth-order valence-corrected chi connectivity index (χ4v) is 6.58. The van der Waals surface area contributed by atoms with Crippen molar-refractivity contribution < 1.29 is 13.2 Å². The molecule has 190 valence electrons. The lowest BCUT2D eigenvalue weighted by atomic mass is 9.95. The van der Waals surface area contributed by atoms with Gasteiger partial charge in [0.15, 0.2) is 0 Å². The molecule has 7 heteroatoms. The van der Waals surface area contributed by atoms with E-state index >= 15 is 0 Å². The number of hydrogen-bond donors (Lipinski definition) is 1. The molecule has 0 saturated carbocycles. The molecule has 1 amide bonds. The van der Waals surface area contributed by atoms with Gasteiger partial charge in [-0.3, -0.25) is 9.69 Å². The highest BCUT2D eigenvalue weighted by Gasteiger charge is 2.33. The van der Waals surface area contributed by atoms with Gasteiger partial charge >= 0.3 is 0 Å². The van der Waals surface area contributed by atoms with Crippen LogP contribution in [0.2, 0.25) is 0 Å². The predicted molar refractivity (Wildman–Crippen MR) is 140 cm³/mol. The van der Waals surface area contributed by atoms with Gasteiger partial charge in [-0.05, 0) is 67.3 Å². The average molecular weight is 498 g/mol. The monoisotopic (exact) mass is 497 g/mol. The Morgan fingerprint density at radius 2 is 1.57 bits per heavy atom. The highest BCUT2D eigenvalue weighted by molar-refractivity contribution is 7.89. The van der Waals surface area contributed by atoms with E-state index < -0.39 is 10.0 Å². The van der Waals surface area contributed by atoms with Crippen LogP contribution < -0.4 is 5.32 Å². The Morgan fingerprint density at radius 1 is 0.943 bits per heavy atom. The molecule has 2 aliphatic heterocycles. The molecule has 0 atom stereocenters. The second kappa shape index (κ2) is 11.2. The Labute approximate surface area is 210 Å². The number of nitrogens with one attached hydrogen (secondary N) is 1. The van der Waals surface area contributed by atoms with Gasteiger partial charge in [-0.1, -0.05) is 50.2 Å². The molecule has 0 unspecified atom stereocenters. The summed E-state index contributed by atoms with van der Waals surface area (Å²) in [7, 11) is -3.52. The standard InChI is InChI=1S/C28H39N3O3S/c1-21(2)23-8-10-27(11-9-23)35(33,34)31-18-12-24(13-19-31)28(32)29-26-14-16-30(17-15-26)20-25-7-5-4-6-22(25)3/h4-11,21,24,26H,12-20H2,1-3H3,(H,29,32). The van der Waals surface area contributed by atoms with Crippen molar-refractivity contribution >= 4 is 15.9 Å². The van der Waals surface area contributed by atoms with Gasteiger partial charge in [-0.2, -0.15) is 4.31 Å². The van der Waals surface area contributed by atoms with E-state index in [4.69, 9.17) is 0 Å². The Kier molecular flexibility index (Phi) is 8.30. The molecule has 2 aliphatic rings. The molecule has 2 heterocycles. The van der Waals surface area contributed by atoms with Crippen LogP contribution in [0.5, 0.6) is 0 Å². The molecule has 0 aromatic heterocycles. The SMILES string of the molecule is Cc1ccccc1CN1CCC(NC(=O)C2CCN(S(=O)(=O)c3ccc(C(C)C)cc3)CC2)CC1. The third kappa shape index (κ3) is 6.32. The molecule has 0 aliphatic carbocycles. The molecule has 35 heavy (non-hydrogen) atoms. The largest absolute Gasteiger partial charge is 0.353 e. The molecule has 2 fully saturated rings. The van der Waals surface area contributed by atoms with Crippen LogP contribution in [-0.4, -0.2) is 55.8 Å². The number of piperidine rings is 2. The summed E-state index contributed by atoms with van der Waals surface area (Å²) >= 11 is 0. The van der Waals surface area contributed by atoms with E-state index in [2.05, 4.69) is 55.3 Å². The third-order valence-corrected chi connectivity index (χ3v) is 9.51. The van der Waals surface area contributed by atoms with Crippen LogP contribution in [0.4, 0.5) is 0 Å². The van der Waals surface area contributed by atoms with Crippen molar-refractivity contribution in [1.29, 1.82) is 0 Å². The zero-order valence-electron chi connectivity index (χ0n) is 21.2. The van der Waals surface area contributed by atoms with Crippen LogP contribution in [0.1, 0.15) is 62.1 Å². The third-order valence-electron chi connectivity index (χ3n) is 7.60. The van der Waals surface area contributed by atoms with Crippen molar-refractivity contribution in [2.24, 2.45) is 5.92 Å². The van der Waals surface area contributed by atoms with Crippen molar-refractivity contribution in [3.05, 3.63) is 65.2 Å². The Morgan fingerprint density at radius 3 is 2.17 bits per heavy atom. The molecule has 1 N–H and O–H groups in total. The number of benzene rings is 2. The van der Waals surface area contributed by atoms with E-state index in [1.807, 2.05) is 12.1 Å². The lowest BCUT2D eigenvalue weighted by Gasteiger charge is -2.35. The smallest absolute Gasteiger partial charge is 0.243 e. The molecule has 0 bridgehead atoms. The number of sulfonamides is 1. The van der Waals surface area contributed by atoms with Crippen molar-refractivity contribution in [3.8, 4) is 0 Å². The number of likely N-dealkylation sites (tertiary alicyclic amines) is 1. The first-order valence-corrected chi connectivity index (χ1v) is 14.4. The first-order chi connectivity index (χ1) is 16.7. The van der Waals surface area contributed by atoms with E-state index in [0.717, 1.165) is 38.0 Å². The van der Waals surface area contributed by atoms with Gasteiger partial charge < -0.3 is 5.32 Å². The number of carbonyl (C=O) groups is 1. The van der Waals surface area contributed by atoms with Gasteiger partial charge in [0.05, 0.1) is 4.90 Å². The van der Waals surface area contributed by atoms with E-state index in [1.54, 1.807) is 12.1 Å². The quantitative estimate of drug-likeness (QED) is 0.619. The zero-order chi connectivity index (χ0) is 25.0. The van der Waals surface area contributed by atoms with Gasteiger partial charge in [-0.25, -0.2) is 8.42 Å². The van der Waals surface area contributed by atoms with Gasteiger partial charge in [0, 0.05) is 44.7 Å². The maximum Gasteiger partial charge on any atom is 0.243 e. The minimum absolute atomic E-state index is 0.0840. The first-order valence-electron chi connectivity index (χ1n) is 12.9. The summed E-state index contributed by atoms with van der Waals surface area (Å²) in [5, 5.41) is 3.25. The summed E-state index contributed by atoms with van der Waals surface area (Å²) in [5.41, 5.74) is 3.82. The van der Waals surface area contributed by atoms with Gasteiger partial charge in [-0.15, -0.1) is 0 Å². The number of amides is 1. The maximum atomic E-state index is 13.1. The molecule has 2 aromatic carbocycles. The zero-order valence-corrected chi connectivity index (χ0v) is 22.1. The van der Waals surface area contributed by atoms with Crippen LogP contribution >= 0.6 is 0 Å².